The molecule has 6 heteroatoms. The van der Waals surface area contributed by atoms with E-state index in [1.807, 2.05) is 48.3 Å². The van der Waals surface area contributed by atoms with Crippen molar-refractivity contribution in [1.82, 2.24) is 0 Å². The molecule has 0 spiro atoms. The fraction of sp³-hybridized carbons (Fsp3) is 0.125. The van der Waals surface area contributed by atoms with Crippen molar-refractivity contribution in [1.29, 1.82) is 0 Å². The first-order chi connectivity index (χ1) is 14.3. The van der Waals surface area contributed by atoms with Gasteiger partial charge in [-0.05, 0) is 35.4 Å². The Hall–Kier alpha value is -3.22. The monoisotopic (exact) mass is 421 g/mol. The molecule has 0 N–H and O–H groups in total. The van der Waals surface area contributed by atoms with E-state index in [0.29, 0.717) is 6.61 Å². The second-order valence-corrected chi connectivity index (χ2v) is 8.32. The van der Waals surface area contributed by atoms with Gasteiger partial charge in [0.25, 0.3) is 0 Å². The van der Waals surface area contributed by atoms with Gasteiger partial charge >= 0.3 is 0 Å². The first kappa shape index (κ1) is 21.5. The van der Waals surface area contributed by atoms with Gasteiger partial charge in [0.15, 0.2) is 12.4 Å². The van der Waals surface area contributed by atoms with Crippen molar-refractivity contribution in [2.45, 2.75) is 18.4 Å². The highest BCUT2D eigenvalue weighted by atomic mass is 32.2. The van der Waals surface area contributed by atoms with E-state index in [0.717, 1.165) is 16.5 Å². The molecule has 0 fully saturated rings. The summed E-state index contributed by atoms with van der Waals surface area (Å²) in [4.78, 5) is -0.184. The highest BCUT2D eigenvalue weighted by Crippen LogP contribution is 2.18. The summed E-state index contributed by atoms with van der Waals surface area (Å²) >= 11 is 0. The standard InChI is InChI=1S/C14H16NO.C10H8O3S/c1-12-3-5-13(6-4-12)11-16-14-7-9-15(2)10-8-14;11-14(12,13)10-6-5-8-3-1-2-4-9(8)7-10/h3-10H,11H2,1-2H3;1-7H,(H,11,12,13)/q+1;/p-1. The largest absolute Gasteiger partial charge is 0.744 e. The zero-order valence-electron chi connectivity index (χ0n) is 16.9. The van der Waals surface area contributed by atoms with Crippen LogP contribution >= 0.6 is 0 Å². The van der Waals surface area contributed by atoms with E-state index in [4.69, 9.17) is 4.74 Å². The van der Waals surface area contributed by atoms with Crippen LogP contribution < -0.4 is 9.30 Å². The summed E-state index contributed by atoms with van der Waals surface area (Å²) in [7, 11) is -2.35. The highest BCUT2D eigenvalue weighted by molar-refractivity contribution is 7.85. The number of pyridine rings is 1. The van der Waals surface area contributed by atoms with E-state index in [2.05, 4.69) is 31.2 Å². The van der Waals surface area contributed by atoms with Gasteiger partial charge in [0.1, 0.15) is 29.5 Å². The number of aryl methyl sites for hydroxylation is 2. The average molecular weight is 422 g/mol. The number of hydrogen-bond donors (Lipinski definition) is 0. The van der Waals surface area contributed by atoms with E-state index in [9.17, 15) is 13.0 Å². The van der Waals surface area contributed by atoms with Crippen LogP contribution in [-0.2, 0) is 23.8 Å². The summed E-state index contributed by atoms with van der Waals surface area (Å²) in [5.41, 5.74) is 2.47. The molecule has 4 rings (SSSR count). The van der Waals surface area contributed by atoms with Gasteiger partial charge in [-0.25, -0.2) is 13.0 Å². The third-order valence-electron chi connectivity index (χ3n) is 4.48. The maximum Gasteiger partial charge on any atom is 0.172 e. The van der Waals surface area contributed by atoms with Crippen LogP contribution in [-0.4, -0.2) is 13.0 Å². The van der Waals surface area contributed by atoms with E-state index >= 15 is 0 Å². The van der Waals surface area contributed by atoms with Gasteiger partial charge in [0.05, 0.1) is 4.90 Å². The lowest BCUT2D eigenvalue weighted by atomic mass is 10.1. The predicted octanol–water partition coefficient (Wildman–Crippen LogP) is 4.14. The van der Waals surface area contributed by atoms with Crippen LogP contribution in [0.5, 0.6) is 5.75 Å². The third-order valence-corrected chi connectivity index (χ3v) is 5.31. The van der Waals surface area contributed by atoms with Crippen LogP contribution in [0, 0.1) is 6.92 Å². The second kappa shape index (κ2) is 9.52. The normalized spacial score (nSPS) is 10.9. The maximum atomic E-state index is 10.7. The van der Waals surface area contributed by atoms with Gasteiger partial charge in [0.2, 0.25) is 0 Å². The molecule has 0 saturated carbocycles. The number of hydrogen-bond acceptors (Lipinski definition) is 4. The Morgan fingerprint density at radius 3 is 2.13 bits per heavy atom. The Labute approximate surface area is 176 Å². The van der Waals surface area contributed by atoms with Crippen LogP contribution in [0.2, 0.25) is 0 Å². The van der Waals surface area contributed by atoms with Crippen molar-refractivity contribution in [3.63, 3.8) is 0 Å². The Kier molecular flexibility index (Phi) is 6.82. The molecule has 30 heavy (non-hydrogen) atoms. The molecular formula is C24H23NO4S. The van der Waals surface area contributed by atoms with Crippen molar-refractivity contribution in [3.05, 3.63) is 102 Å². The summed E-state index contributed by atoms with van der Waals surface area (Å²) in [6.07, 6.45) is 3.95. The third kappa shape index (κ3) is 6.14. The molecule has 0 atom stereocenters. The molecule has 154 valence electrons. The summed E-state index contributed by atoms with van der Waals surface area (Å²) < 4.78 is 39.8. The minimum absolute atomic E-state index is 0.184. The van der Waals surface area contributed by atoms with Crippen LogP contribution in [0.15, 0.2) is 96.2 Å². The molecule has 1 aromatic heterocycles. The lowest BCUT2D eigenvalue weighted by molar-refractivity contribution is -0.671. The average Bonchev–Trinajstić information content (AvgIpc) is 2.74. The molecule has 0 amide bonds. The van der Waals surface area contributed by atoms with E-state index < -0.39 is 10.1 Å². The predicted molar refractivity (Wildman–Crippen MR) is 115 cm³/mol. The van der Waals surface area contributed by atoms with Gasteiger partial charge in [0, 0.05) is 12.1 Å². The lowest BCUT2D eigenvalue weighted by Gasteiger charge is -2.07. The molecule has 3 aromatic carbocycles. The smallest absolute Gasteiger partial charge is 0.172 e. The van der Waals surface area contributed by atoms with Crippen molar-refractivity contribution >= 4 is 20.9 Å². The highest BCUT2D eigenvalue weighted by Gasteiger charge is 2.01. The number of rotatable bonds is 4. The van der Waals surface area contributed by atoms with E-state index in [1.165, 1.54) is 23.3 Å². The fourth-order valence-electron chi connectivity index (χ4n) is 2.76. The Morgan fingerprint density at radius 1 is 0.867 bits per heavy atom. The molecule has 1 heterocycles. The molecule has 0 bridgehead atoms. The van der Waals surface area contributed by atoms with Crippen molar-refractivity contribution in [3.8, 4) is 5.75 Å². The van der Waals surface area contributed by atoms with E-state index in [1.54, 1.807) is 18.2 Å². The first-order valence-electron chi connectivity index (χ1n) is 9.39. The minimum Gasteiger partial charge on any atom is -0.744 e. The topological polar surface area (TPSA) is 70.3 Å². The molecule has 0 aliphatic carbocycles. The van der Waals surface area contributed by atoms with Crippen LogP contribution in [0.25, 0.3) is 10.8 Å². The molecule has 0 unspecified atom stereocenters. The summed E-state index contributed by atoms with van der Waals surface area (Å²) in [5.74, 6) is 0.902. The van der Waals surface area contributed by atoms with Crippen LogP contribution in [0.3, 0.4) is 0 Å². The molecule has 0 aliphatic rings. The number of fused-ring (bicyclic) bond motifs is 1. The van der Waals surface area contributed by atoms with Crippen LogP contribution in [0.1, 0.15) is 11.1 Å². The van der Waals surface area contributed by atoms with Crippen molar-refractivity contribution < 1.29 is 22.3 Å². The molecule has 0 saturated heterocycles. The van der Waals surface area contributed by atoms with Gasteiger partial charge in [-0.15, -0.1) is 0 Å². The van der Waals surface area contributed by atoms with Crippen LogP contribution in [0.4, 0.5) is 0 Å². The van der Waals surface area contributed by atoms with Gasteiger partial charge < -0.3 is 9.29 Å². The molecule has 5 nitrogen and oxygen atoms in total. The first-order valence-corrected chi connectivity index (χ1v) is 10.8. The summed E-state index contributed by atoms with van der Waals surface area (Å²) in [6, 6.07) is 23.9. The number of benzene rings is 3. The quantitative estimate of drug-likeness (QED) is 0.367. The lowest BCUT2D eigenvalue weighted by Crippen LogP contribution is -2.25. The molecule has 4 aromatic rings. The Bertz CT molecular complexity index is 1170. The zero-order valence-corrected chi connectivity index (χ0v) is 17.7. The number of nitrogens with zero attached hydrogens (tertiary/aromatic N) is 1. The van der Waals surface area contributed by atoms with Gasteiger partial charge in [-0.3, -0.25) is 0 Å². The van der Waals surface area contributed by atoms with Gasteiger partial charge in [-0.2, -0.15) is 0 Å². The van der Waals surface area contributed by atoms with Crippen molar-refractivity contribution in [2.75, 3.05) is 0 Å². The SMILES string of the molecule is Cc1ccc(COc2cc[n+](C)cc2)cc1.O=S(=O)([O-])c1ccc2ccccc2c1. The number of aromatic nitrogens is 1. The number of ether oxygens (including phenoxy) is 1. The maximum absolute atomic E-state index is 10.7. The summed E-state index contributed by atoms with van der Waals surface area (Å²) in [6.45, 7) is 2.70. The van der Waals surface area contributed by atoms with Gasteiger partial charge in [-0.1, -0.05) is 60.2 Å². The van der Waals surface area contributed by atoms with Crippen molar-refractivity contribution in [2.24, 2.45) is 7.05 Å². The zero-order chi connectivity index (χ0) is 21.6. The Morgan fingerprint density at radius 2 is 1.50 bits per heavy atom. The Balaban J connectivity index is 0.000000172. The van der Waals surface area contributed by atoms with E-state index in [-0.39, 0.29) is 4.90 Å². The molecular weight excluding hydrogens is 398 g/mol. The second-order valence-electron chi connectivity index (χ2n) is 6.94. The molecule has 0 aliphatic heterocycles. The minimum atomic E-state index is -4.34. The summed E-state index contributed by atoms with van der Waals surface area (Å²) in [5, 5.41) is 1.67. The fourth-order valence-corrected chi connectivity index (χ4v) is 3.26. The molecule has 0 radical (unpaired) electrons.